The van der Waals surface area contributed by atoms with E-state index >= 15 is 0 Å². The number of halogens is 3. The maximum atomic E-state index is 12.9. The van der Waals surface area contributed by atoms with Gasteiger partial charge in [0, 0.05) is 30.9 Å². The number of nitrogens with zero attached hydrogens (tertiary/aromatic N) is 2. The van der Waals surface area contributed by atoms with Crippen molar-refractivity contribution in [2.45, 2.75) is 6.18 Å². The lowest BCUT2D eigenvalue weighted by molar-refractivity contribution is -0.384. The summed E-state index contributed by atoms with van der Waals surface area (Å²) in [5, 5.41) is 11.0. The third kappa shape index (κ3) is 2.98. The van der Waals surface area contributed by atoms with Crippen LogP contribution in [0.15, 0.2) is 53.5 Å². The van der Waals surface area contributed by atoms with Gasteiger partial charge >= 0.3 is 6.18 Å². The monoisotopic (exact) mass is 348 g/mol. The first kappa shape index (κ1) is 16.7. The molecule has 0 saturated carbocycles. The summed E-state index contributed by atoms with van der Waals surface area (Å²) in [5.41, 5.74) is -1.09. The number of nitro benzene ring substituents is 1. The van der Waals surface area contributed by atoms with Crippen LogP contribution in [0.2, 0.25) is 0 Å². The van der Waals surface area contributed by atoms with Gasteiger partial charge in [-0.15, -0.1) is 0 Å². The fourth-order valence-electron chi connectivity index (χ4n) is 2.66. The average molecular weight is 348 g/mol. The summed E-state index contributed by atoms with van der Waals surface area (Å²) in [6.45, 7) is 0. The van der Waals surface area contributed by atoms with Crippen molar-refractivity contribution in [3.8, 4) is 11.1 Å². The van der Waals surface area contributed by atoms with Gasteiger partial charge in [-0.05, 0) is 23.8 Å². The zero-order chi connectivity index (χ0) is 18.4. The van der Waals surface area contributed by atoms with Crippen molar-refractivity contribution in [1.29, 1.82) is 0 Å². The van der Waals surface area contributed by atoms with Gasteiger partial charge in [0.25, 0.3) is 5.69 Å². The number of hydrogen-bond donors (Lipinski definition) is 0. The molecule has 0 aliphatic carbocycles. The number of alkyl halides is 3. The maximum Gasteiger partial charge on any atom is 0.416 e. The van der Waals surface area contributed by atoms with Gasteiger partial charge in [-0.2, -0.15) is 13.2 Å². The van der Waals surface area contributed by atoms with Gasteiger partial charge in [-0.25, -0.2) is 0 Å². The van der Waals surface area contributed by atoms with Crippen molar-refractivity contribution in [2.24, 2.45) is 7.05 Å². The standard InChI is InChI=1S/C17H11F3N2O3/c1-21-9-14(10-3-2-4-11(7-10)17(18,19)20)16(23)13-8-12(22(24)25)5-6-15(13)21/h2-9H,1H3. The molecule has 0 spiro atoms. The zero-order valence-electron chi connectivity index (χ0n) is 12.9. The molecule has 0 radical (unpaired) electrons. The predicted molar refractivity (Wildman–Crippen MR) is 86.3 cm³/mol. The van der Waals surface area contributed by atoms with Crippen LogP contribution >= 0.6 is 0 Å². The van der Waals surface area contributed by atoms with E-state index in [4.69, 9.17) is 0 Å². The lowest BCUT2D eigenvalue weighted by Gasteiger charge is -2.11. The Kier molecular flexibility index (Phi) is 3.82. The number of pyridine rings is 1. The van der Waals surface area contributed by atoms with E-state index in [9.17, 15) is 28.1 Å². The molecule has 0 aliphatic rings. The highest BCUT2D eigenvalue weighted by Crippen LogP contribution is 2.32. The number of benzene rings is 2. The van der Waals surface area contributed by atoms with Crippen LogP contribution in [0.1, 0.15) is 5.56 Å². The molecule has 25 heavy (non-hydrogen) atoms. The van der Waals surface area contributed by atoms with Gasteiger partial charge in [0.15, 0.2) is 5.43 Å². The topological polar surface area (TPSA) is 65.1 Å². The summed E-state index contributed by atoms with van der Waals surface area (Å²) in [7, 11) is 1.62. The van der Waals surface area contributed by atoms with Crippen LogP contribution in [0.4, 0.5) is 18.9 Å². The summed E-state index contributed by atoms with van der Waals surface area (Å²) in [6.07, 6.45) is -3.11. The third-order valence-electron chi connectivity index (χ3n) is 3.88. The Balaban J connectivity index is 2.29. The Bertz CT molecular complexity index is 1060. The molecule has 8 heteroatoms. The van der Waals surface area contributed by atoms with E-state index in [1.807, 2.05) is 0 Å². The molecule has 0 N–H and O–H groups in total. The average Bonchev–Trinajstić information content (AvgIpc) is 2.57. The number of rotatable bonds is 2. The lowest BCUT2D eigenvalue weighted by Crippen LogP contribution is -2.11. The largest absolute Gasteiger partial charge is 0.416 e. The van der Waals surface area contributed by atoms with Crippen molar-refractivity contribution < 1.29 is 18.1 Å². The molecule has 1 heterocycles. The maximum absolute atomic E-state index is 12.9. The van der Waals surface area contributed by atoms with Crippen LogP contribution in [-0.4, -0.2) is 9.49 Å². The van der Waals surface area contributed by atoms with Crippen molar-refractivity contribution in [3.63, 3.8) is 0 Å². The van der Waals surface area contributed by atoms with Crippen LogP contribution < -0.4 is 5.43 Å². The Labute approximate surface area is 139 Å². The Hall–Kier alpha value is -3.16. The lowest BCUT2D eigenvalue weighted by atomic mass is 10.0. The van der Waals surface area contributed by atoms with Crippen LogP contribution in [0.25, 0.3) is 22.0 Å². The molecule has 2 aromatic carbocycles. The van der Waals surface area contributed by atoms with Crippen molar-refractivity contribution in [3.05, 3.63) is 74.6 Å². The van der Waals surface area contributed by atoms with Gasteiger partial charge in [-0.3, -0.25) is 14.9 Å². The zero-order valence-corrected chi connectivity index (χ0v) is 12.9. The molecule has 3 aromatic rings. The van der Waals surface area contributed by atoms with Crippen LogP contribution in [-0.2, 0) is 13.2 Å². The molecule has 1 aromatic heterocycles. The highest BCUT2D eigenvalue weighted by molar-refractivity contribution is 5.85. The van der Waals surface area contributed by atoms with E-state index in [0.29, 0.717) is 5.52 Å². The third-order valence-corrected chi connectivity index (χ3v) is 3.88. The molecule has 128 valence electrons. The second kappa shape index (κ2) is 5.73. The summed E-state index contributed by atoms with van der Waals surface area (Å²) < 4.78 is 40.3. The molecule has 3 rings (SSSR count). The van der Waals surface area contributed by atoms with Gasteiger partial charge in [0.05, 0.1) is 21.4 Å². The molecule has 0 amide bonds. The summed E-state index contributed by atoms with van der Waals surface area (Å²) >= 11 is 0. The molecule has 0 atom stereocenters. The number of hydrogen-bond acceptors (Lipinski definition) is 3. The molecule has 5 nitrogen and oxygen atoms in total. The molecule has 0 bridgehead atoms. The molecular weight excluding hydrogens is 337 g/mol. The predicted octanol–water partition coefficient (Wildman–Crippen LogP) is 4.13. The summed E-state index contributed by atoms with van der Waals surface area (Å²) in [4.78, 5) is 23.0. The molecule has 0 fully saturated rings. The van der Waals surface area contributed by atoms with Crippen molar-refractivity contribution >= 4 is 16.6 Å². The quantitative estimate of drug-likeness (QED) is 0.517. The summed E-state index contributed by atoms with van der Waals surface area (Å²) in [6, 6.07) is 8.26. The normalized spacial score (nSPS) is 11.7. The van der Waals surface area contributed by atoms with Crippen LogP contribution in [0, 0.1) is 10.1 Å². The number of aromatic nitrogens is 1. The molecule has 0 saturated heterocycles. The fourth-order valence-corrected chi connectivity index (χ4v) is 2.66. The van der Waals surface area contributed by atoms with Gasteiger partial charge < -0.3 is 4.57 Å². The smallest absolute Gasteiger partial charge is 0.350 e. The van der Waals surface area contributed by atoms with Gasteiger partial charge in [0.1, 0.15) is 0 Å². The number of nitro groups is 1. The van der Waals surface area contributed by atoms with Crippen molar-refractivity contribution in [1.82, 2.24) is 4.57 Å². The van der Waals surface area contributed by atoms with E-state index in [1.54, 1.807) is 11.6 Å². The Morgan fingerprint density at radius 3 is 2.48 bits per heavy atom. The molecular formula is C17H11F3N2O3. The number of non-ortho nitro benzene ring substituents is 1. The first-order valence-electron chi connectivity index (χ1n) is 7.14. The van der Waals surface area contributed by atoms with Gasteiger partial charge in [-0.1, -0.05) is 12.1 Å². The van der Waals surface area contributed by atoms with E-state index < -0.39 is 22.1 Å². The highest BCUT2D eigenvalue weighted by Gasteiger charge is 2.30. The van der Waals surface area contributed by atoms with Crippen LogP contribution in [0.5, 0.6) is 0 Å². The Morgan fingerprint density at radius 2 is 1.84 bits per heavy atom. The first-order chi connectivity index (χ1) is 11.7. The number of fused-ring (bicyclic) bond motifs is 1. The molecule has 0 unspecified atom stereocenters. The van der Waals surface area contributed by atoms with Gasteiger partial charge in [0.2, 0.25) is 0 Å². The van der Waals surface area contributed by atoms with E-state index in [2.05, 4.69) is 0 Å². The first-order valence-corrected chi connectivity index (χ1v) is 7.14. The SMILES string of the molecule is Cn1cc(-c2cccc(C(F)(F)F)c2)c(=O)c2cc([N+](=O)[O-])ccc21. The minimum absolute atomic E-state index is 0.0431. The fraction of sp³-hybridized carbons (Fsp3) is 0.118. The second-order valence-electron chi connectivity index (χ2n) is 5.52. The second-order valence-corrected chi connectivity index (χ2v) is 5.52. The van der Waals surface area contributed by atoms with Crippen LogP contribution in [0.3, 0.4) is 0 Å². The number of aryl methyl sites for hydroxylation is 1. The van der Waals surface area contributed by atoms with E-state index in [1.165, 1.54) is 30.5 Å². The minimum Gasteiger partial charge on any atom is -0.350 e. The highest BCUT2D eigenvalue weighted by atomic mass is 19.4. The Morgan fingerprint density at radius 1 is 1.12 bits per heavy atom. The molecule has 0 aliphatic heterocycles. The summed E-state index contributed by atoms with van der Waals surface area (Å²) in [5.74, 6) is 0. The van der Waals surface area contributed by atoms with Crippen molar-refractivity contribution in [2.75, 3.05) is 0 Å². The van der Waals surface area contributed by atoms with E-state index in [0.717, 1.165) is 18.2 Å². The minimum atomic E-state index is -4.53. The van der Waals surface area contributed by atoms with E-state index in [-0.39, 0.29) is 22.2 Å².